The van der Waals surface area contributed by atoms with Crippen molar-refractivity contribution in [3.05, 3.63) is 29.3 Å². The zero-order valence-corrected chi connectivity index (χ0v) is 20.8. The van der Waals surface area contributed by atoms with Gasteiger partial charge in [0.2, 0.25) is 0 Å². The largest absolute Gasteiger partial charge is 0.465 e. The van der Waals surface area contributed by atoms with Crippen molar-refractivity contribution in [1.82, 2.24) is 0 Å². The zero-order valence-electron chi connectivity index (χ0n) is 20.8. The molecule has 0 bridgehead atoms. The second-order valence-corrected chi connectivity index (χ2v) is 11.7. The molecule has 1 aromatic rings. The number of fused-ring (bicyclic) bond motifs is 5. The van der Waals surface area contributed by atoms with Crippen molar-refractivity contribution in [2.24, 2.45) is 17.3 Å². The van der Waals surface area contributed by atoms with Crippen molar-refractivity contribution in [2.45, 2.75) is 108 Å². The Morgan fingerprint density at radius 1 is 1.00 bits per heavy atom. The molecule has 2 aliphatic heterocycles. The van der Waals surface area contributed by atoms with Crippen LogP contribution in [0.4, 0.5) is 4.39 Å². The van der Waals surface area contributed by atoms with Gasteiger partial charge in [-0.2, -0.15) is 5.26 Å². The van der Waals surface area contributed by atoms with Crippen molar-refractivity contribution < 1.29 is 23.3 Å². The van der Waals surface area contributed by atoms with Crippen LogP contribution in [0.15, 0.2) is 18.2 Å². The van der Waals surface area contributed by atoms with Crippen molar-refractivity contribution in [3.63, 3.8) is 0 Å². The highest BCUT2D eigenvalue weighted by atomic mass is 19.1. The number of aryl methyl sites for hydroxylation is 1. The predicted octanol–water partition coefficient (Wildman–Crippen LogP) is 5.99. The highest BCUT2D eigenvalue weighted by Gasteiger charge is 2.64. The highest BCUT2D eigenvalue weighted by molar-refractivity contribution is 5.47. The smallest absolute Gasteiger partial charge is 0.199 e. The molecule has 5 aliphatic rings. The topological polar surface area (TPSA) is 60.7 Å². The summed E-state index contributed by atoms with van der Waals surface area (Å²) in [5.41, 5.74) is 1.33. The quantitative estimate of drug-likeness (QED) is 0.527. The van der Waals surface area contributed by atoms with E-state index in [4.69, 9.17) is 18.9 Å². The summed E-state index contributed by atoms with van der Waals surface area (Å²) in [5, 5.41) is 10.6. The Kier molecular flexibility index (Phi) is 6.31. The predicted molar refractivity (Wildman–Crippen MR) is 129 cm³/mol. The van der Waals surface area contributed by atoms with Crippen LogP contribution in [-0.2, 0) is 26.0 Å². The lowest BCUT2D eigenvalue weighted by atomic mass is 9.49. The van der Waals surface area contributed by atoms with Gasteiger partial charge in [-0.05, 0) is 99.3 Å². The van der Waals surface area contributed by atoms with E-state index in [-0.39, 0.29) is 24.4 Å². The van der Waals surface area contributed by atoms with Gasteiger partial charge in [0.15, 0.2) is 12.6 Å². The summed E-state index contributed by atoms with van der Waals surface area (Å²) < 4.78 is 39.8. The number of nitrogens with zero attached hydrogens (tertiary/aromatic N) is 1. The molecule has 1 aromatic carbocycles. The normalized spacial score (nSPS) is 42.9. The summed E-state index contributed by atoms with van der Waals surface area (Å²) in [6.07, 6.45) is 8.10. The second kappa shape index (κ2) is 9.32. The van der Waals surface area contributed by atoms with Crippen LogP contribution < -0.4 is 4.74 Å². The first kappa shape index (κ1) is 23.7. The van der Waals surface area contributed by atoms with Crippen molar-refractivity contribution in [1.29, 1.82) is 5.26 Å². The lowest BCUT2D eigenvalue weighted by Crippen LogP contribution is -2.52. The molecule has 0 aromatic heterocycles. The Balaban J connectivity index is 1.24. The van der Waals surface area contributed by atoms with Crippen molar-refractivity contribution in [3.8, 4) is 11.8 Å². The van der Waals surface area contributed by atoms with E-state index in [9.17, 15) is 5.26 Å². The third-order valence-corrected chi connectivity index (χ3v) is 9.82. The fourth-order valence-electron chi connectivity index (χ4n) is 7.88. The van der Waals surface area contributed by atoms with Gasteiger partial charge in [-0.15, -0.1) is 0 Å². The molecule has 0 amide bonds. The molecular weight excluding hydrogens is 445 g/mol. The number of rotatable bonds is 4. The molecule has 0 radical (unpaired) electrons. The lowest BCUT2D eigenvalue weighted by molar-refractivity contribution is -0.199. The first-order valence-corrected chi connectivity index (χ1v) is 13.8. The molecule has 2 saturated heterocycles. The molecule has 4 fully saturated rings. The maximum absolute atomic E-state index is 15.9. The molecule has 35 heavy (non-hydrogen) atoms. The maximum atomic E-state index is 15.9. The van der Waals surface area contributed by atoms with E-state index in [2.05, 4.69) is 25.1 Å². The fraction of sp³-hybridized carbons (Fsp3) is 0.759. The van der Waals surface area contributed by atoms with Crippen LogP contribution in [0, 0.1) is 28.6 Å². The molecule has 8 atom stereocenters. The van der Waals surface area contributed by atoms with Gasteiger partial charge < -0.3 is 18.9 Å². The van der Waals surface area contributed by atoms with Crippen LogP contribution in [-0.4, -0.2) is 38.1 Å². The minimum atomic E-state index is -1.01. The number of benzene rings is 1. The number of ether oxygens (including phenoxy) is 4. The molecule has 2 saturated carbocycles. The van der Waals surface area contributed by atoms with E-state index < -0.39 is 23.1 Å². The summed E-state index contributed by atoms with van der Waals surface area (Å²) in [7, 11) is 0. The molecule has 6 rings (SSSR count). The molecule has 6 heteroatoms. The van der Waals surface area contributed by atoms with E-state index in [0.717, 1.165) is 69.3 Å². The van der Waals surface area contributed by atoms with E-state index in [1.807, 2.05) is 6.07 Å². The number of alkyl halides is 1. The maximum Gasteiger partial charge on any atom is 0.199 e. The van der Waals surface area contributed by atoms with Gasteiger partial charge in [0.05, 0.1) is 24.2 Å². The summed E-state index contributed by atoms with van der Waals surface area (Å²) in [4.78, 5) is 0. The minimum Gasteiger partial charge on any atom is -0.465 e. The third kappa shape index (κ3) is 3.99. The zero-order chi connectivity index (χ0) is 24.0. The van der Waals surface area contributed by atoms with E-state index in [1.54, 1.807) is 0 Å². The monoisotopic (exact) mass is 483 g/mol. The van der Waals surface area contributed by atoms with Gasteiger partial charge in [-0.25, -0.2) is 4.39 Å². The summed E-state index contributed by atoms with van der Waals surface area (Å²) >= 11 is 0. The molecule has 190 valence electrons. The standard InChI is InChI=1S/C29H38FNO4/c1-28-12-13-29(18-31)21-11-9-20(34-25-6-2-4-14-32-25)16-19(21)8-10-22(29)23(28)17-24(27(28)30)35-26-7-3-5-15-33-26/h9,11,16,22-27H,2-8,10,12-15,17H2,1H3/t22-,23-,24?,25?,26?,27-,28-,29-/m0/s1. The van der Waals surface area contributed by atoms with E-state index >= 15 is 4.39 Å². The molecule has 5 nitrogen and oxygen atoms in total. The second-order valence-electron chi connectivity index (χ2n) is 11.7. The number of nitriles is 1. The van der Waals surface area contributed by atoms with E-state index in [1.165, 1.54) is 5.56 Å². The molecular formula is C29H38FNO4. The first-order valence-electron chi connectivity index (χ1n) is 13.8. The fourth-order valence-corrected chi connectivity index (χ4v) is 7.88. The van der Waals surface area contributed by atoms with Crippen LogP contribution in [0.3, 0.4) is 0 Å². The van der Waals surface area contributed by atoms with Gasteiger partial charge in [0.1, 0.15) is 11.9 Å². The number of hydrogen-bond donors (Lipinski definition) is 0. The van der Waals surface area contributed by atoms with Crippen LogP contribution in [0.1, 0.15) is 82.3 Å². The SMILES string of the molecule is C[C@]12CC[C@]3(C#N)c4ccc(OC5CCCCO5)cc4CC[C@H]3[C@@H]1CC(OC1CCCCO1)[C@@H]2F. The molecule has 0 N–H and O–H groups in total. The summed E-state index contributed by atoms with van der Waals surface area (Å²) in [5.74, 6) is 1.11. The number of hydrogen-bond acceptors (Lipinski definition) is 5. The van der Waals surface area contributed by atoms with Crippen LogP contribution in [0.25, 0.3) is 0 Å². The van der Waals surface area contributed by atoms with Gasteiger partial charge >= 0.3 is 0 Å². The van der Waals surface area contributed by atoms with Crippen LogP contribution in [0.2, 0.25) is 0 Å². The van der Waals surface area contributed by atoms with Gasteiger partial charge in [0, 0.05) is 18.4 Å². The first-order chi connectivity index (χ1) is 17.0. The van der Waals surface area contributed by atoms with Crippen molar-refractivity contribution in [2.75, 3.05) is 13.2 Å². The summed E-state index contributed by atoms with van der Waals surface area (Å²) in [6.45, 7) is 3.55. The lowest BCUT2D eigenvalue weighted by Gasteiger charge is -2.53. The number of halogens is 1. The minimum absolute atomic E-state index is 0.138. The molecule has 3 aliphatic carbocycles. The van der Waals surface area contributed by atoms with Crippen molar-refractivity contribution >= 4 is 0 Å². The Bertz CT molecular complexity index is 968. The van der Waals surface area contributed by atoms with Crippen LogP contribution >= 0.6 is 0 Å². The van der Waals surface area contributed by atoms with E-state index in [0.29, 0.717) is 25.9 Å². The Labute approximate surface area is 208 Å². The molecule has 2 heterocycles. The third-order valence-electron chi connectivity index (χ3n) is 9.82. The highest BCUT2D eigenvalue weighted by Crippen LogP contribution is 2.64. The average Bonchev–Trinajstić information content (AvgIpc) is 3.14. The molecule has 0 spiro atoms. The van der Waals surface area contributed by atoms with Gasteiger partial charge in [-0.1, -0.05) is 13.0 Å². The van der Waals surface area contributed by atoms with Crippen LogP contribution in [0.5, 0.6) is 5.75 Å². The van der Waals surface area contributed by atoms with Gasteiger partial charge in [-0.3, -0.25) is 0 Å². The Morgan fingerprint density at radius 2 is 1.77 bits per heavy atom. The summed E-state index contributed by atoms with van der Waals surface area (Å²) in [6, 6.07) is 9.00. The van der Waals surface area contributed by atoms with Gasteiger partial charge in [0.25, 0.3) is 0 Å². The average molecular weight is 484 g/mol. The molecule has 3 unspecified atom stereocenters. The Hall–Kier alpha value is -1.68. The Morgan fingerprint density at radius 3 is 2.49 bits per heavy atom.